The molecule has 2 heteroatoms. The van der Waals surface area contributed by atoms with E-state index in [0.29, 0.717) is 6.04 Å². The molecule has 80 valence electrons. The SMILES string of the molecule is Brc1cccc(C2Cc3ccccc3N2)c1. The minimum atomic E-state index is 0.412. The minimum Gasteiger partial charge on any atom is -0.378 e. The standard InChI is InChI=1S/C14H12BrN/c15-12-6-3-5-10(8-12)14-9-11-4-1-2-7-13(11)16-14/h1-8,14,16H,9H2. The van der Waals surface area contributed by atoms with Crippen LogP contribution in [0.1, 0.15) is 17.2 Å². The summed E-state index contributed by atoms with van der Waals surface area (Å²) in [7, 11) is 0. The molecule has 0 radical (unpaired) electrons. The lowest BCUT2D eigenvalue weighted by molar-refractivity contribution is 0.823. The molecule has 16 heavy (non-hydrogen) atoms. The minimum absolute atomic E-state index is 0.412. The first-order valence-corrected chi connectivity index (χ1v) is 6.22. The molecule has 0 amide bonds. The average Bonchev–Trinajstić information content (AvgIpc) is 2.72. The van der Waals surface area contributed by atoms with Crippen LogP contribution in [0.2, 0.25) is 0 Å². The van der Waals surface area contributed by atoms with Gasteiger partial charge in [-0.2, -0.15) is 0 Å². The van der Waals surface area contributed by atoms with Gasteiger partial charge < -0.3 is 5.32 Å². The second-order valence-electron chi connectivity index (χ2n) is 4.11. The highest BCUT2D eigenvalue weighted by atomic mass is 79.9. The molecule has 1 heterocycles. The van der Waals surface area contributed by atoms with Crippen molar-refractivity contribution in [3.8, 4) is 0 Å². The van der Waals surface area contributed by atoms with Crippen LogP contribution in [0.25, 0.3) is 0 Å². The molecule has 1 nitrogen and oxygen atoms in total. The molecule has 1 aliphatic heterocycles. The number of hydrogen-bond acceptors (Lipinski definition) is 1. The molecular formula is C14H12BrN. The summed E-state index contributed by atoms with van der Waals surface area (Å²) in [5.74, 6) is 0. The number of nitrogens with one attached hydrogen (secondary N) is 1. The maximum atomic E-state index is 3.56. The van der Waals surface area contributed by atoms with Gasteiger partial charge in [-0.1, -0.05) is 46.3 Å². The Hall–Kier alpha value is -1.28. The molecule has 0 bridgehead atoms. The quantitative estimate of drug-likeness (QED) is 0.823. The van der Waals surface area contributed by atoms with Crippen LogP contribution in [0.3, 0.4) is 0 Å². The Morgan fingerprint density at radius 1 is 1.06 bits per heavy atom. The van der Waals surface area contributed by atoms with E-state index in [1.54, 1.807) is 0 Å². The van der Waals surface area contributed by atoms with Crippen molar-refractivity contribution in [3.05, 3.63) is 64.1 Å². The van der Waals surface area contributed by atoms with E-state index in [-0.39, 0.29) is 0 Å². The monoisotopic (exact) mass is 273 g/mol. The van der Waals surface area contributed by atoms with Gasteiger partial charge in [-0.3, -0.25) is 0 Å². The van der Waals surface area contributed by atoms with Crippen molar-refractivity contribution in [1.82, 2.24) is 0 Å². The molecule has 0 aliphatic carbocycles. The highest BCUT2D eigenvalue weighted by Gasteiger charge is 2.21. The topological polar surface area (TPSA) is 12.0 Å². The van der Waals surface area contributed by atoms with Gasteiger partial charge in [0.05, 0.1) is 6.04 Å². The smallest absolute Gasteiger partial charge is 0.0555 e. The van der Waals surface area contributed by atoms with E-state index >= 15 is 0 Å². The van der Waals surface area contributed by atoms with Crippen LogP contribution in [0, 0.1) is 0 Å². The Morgan fingerprint density at radius 2 is 1.94 bits per heavy atom. The van der Waals surface area contributed by atoms with Gasteiger partial charge in [0.1, 0.15) is 0 Å². The summed E-state index contributed by atoms with van der Waals surface area (Å²) in [5, 5.41) is 3.56. The van der Waals surface area contributed by atoms with E-state index in [4.69, 9.17) is 0 Å². The predicted octanol–water partition coefficient (Wildman–Crippen LogP) is 4.16. The molecule has 0 saturated carbocycles. The van der Waals surface area contributed by atoms with Gasteiger partial charge in [0.15, 0.2) is 0 Å². The number of hydrogen-bond donors (Lipinski definition) is 1. The van der Waals surface area contributed by atoms with Crippen molar-refractivity contribution >= 4 is 21.6 Å². The van der Waals surface area contributed by atoms with Crippen molar-refractivity contribution in [1.29, 1.82) is 0 Å². The fourth-order valence-electron chi connectivity index (χ4n) is 2.22. The second-order valence-corrected chi connectivity index (χ2v) is 5.03. The summed E-state index contributed by atoms with van der Waals surface area (Å²) in [6, 6.07) is 17.4. The molecule has 0 spiro atoms. The number of para-hydroxylation sites is 1. The number of benzene rings is 2. The van der Waals surface area contributed by atoms with E-state index in [2.05, 4.69) is 69.8 Å². The van der Waals surface area contributed by atoms with Gasteiger partial charge in [0.2, 0.25) is 0 Å². The summed E-state index contributed by atoms with van der Waals surface area (Å²) < 4.78 is 1.14. The molecule has 3 rings (SSSR count). The van der Waals surface area contributed by atoms with E-state index in [9.17, 15) is 0 Å². The number of rotatable bonds is 1. The molecule has 1 atom stereocenters. The summed E-state index contributed by atoms with van der Waals surface area (Å²) in [5.41, 5.74) is 4.02. The molecule has 0 fully saturated rings. The first-order valence-electron chi connectivity index (χ1n) is 5.43. The Kier molecular flexibility index (Phi) is 2.44. The second kappa shape index (κ2) is 3.95. The van der Waals surface area contributed by atoms with Crippen molar-refractivity contribution in [3.63, 3.8) is 0 Å². The lowest BCUT2D eigenvalue weighted by Crippen LogP contribution is -2.05. The third kappa shape index (κ3) is 1.74. The van der Waals surface area contributed by atoms with Gasteiger partial charge in [0.25, 0.3) is 0 Å². The fraction of sp³-hybridized carbons (Fsp3) is 0.143. The Morgan fingerprint density at radius 3 is 2.75 bits per heavy atom. The lowest BCUT2D eigenvalue weighted by Gasteiger charge is -2.11. The third-order valence-electron chi connectivity index (χ3n) is 3.02. The van der Waals surface area contributed by atoms with Crippen LogP contribution >= 0.6 is 15.9 Å². The van der Waals surface area contributed by atoms with Crippen molar-refractivity contribution < 1.29 is 0 Å². The van der Waals surface area contributed by atoms with Gasteiger partial charge in [-0.15, -0.1) is 0 Å². The molecule has 2 aromatic carbocycles. The zero-order chi connectivity index (χ0) is 11.0. The van der Waals surface area contributed by atoms with Crippen LogP contribution in [0.15, 0.2) is 53.0 Å². The van der Waals surface area contributed by atoms with Crippen molar-refractivity contribution in [2.24, 2.45) is 0 Å². The molecular weight excluding hydrogens is 262 g/mol. The third-order valence-corrected chi connectivity index (χ3v) is 3.52. The first kappa shape index (κ1) is 9.91. The van der Waals surface area contributed by atoms with Gasteiger partial charge >= 0.3 is 0 Å². The zero-order valence-corrected chi connectivity index (χ0v) is 10.4. The van der Waals surface area contributed by atoms with E-state index < -0.39 is 0 Å². The maximum Gasteiger partial charge on any atom is 0.0555 e. The summed E-state index contributed by atoms with van der Waals surface area (Å²) in [6.45, 7) is 0. The molecule has 0 saturated heterocycles. The van der Waals surface area contributed by atoms with Gasteiger partial charge in [0, 0.05) is 10.2 Å². The first-order chi connectivity index (χ1) is 7.83. The fourth-order valence-corrected chi connectivity index (χ4v) is 2.64. The van der Waals surface area contributed by atoms with Crippen LogP contribution < -0.4 is 5.32 Å². The average molecular weight is 274 g/mol. The van der Waals surface area contributed by atoms with Gasteiger partial charge in [-0.25, -0.2) is 0 Å². The molecule has 2 aromatic rings. The van der Waals surface area contributed by atoms with E-state index in [1.807, 2.05) is 0 Å². The molecule has 1 N–H and O–H groups in total. The lowest BCUT2D eigenvalue weighted by atomic mass is 10.0. The van der Waals surface area contributed by atoms with E-state index in [0.717, 1.165) is 10.9 Å². The summed E-state index contributed by atoms with van der Waals surface area (Å²) in [4.78, 5) is 0. The molecule has 1 unspecified atom stereocenters. The number of halogens is 1. The van der Waals surface area contributed by atoms with Crippen LogP contribution in [0.4, 0.5) is 5.69 Å². The highest BCUT2D eigenvalue weighted by Crippen LogP contribution is 2.34. The van der Waals surface area contributed by atoms with Crippen molar-refractivity contribution in [2.45, 2.75) is 12.5 Å². The van der Waals surface area contributed by atoms with E-state index in [1.165, 1.54) is 16.8 Å². The Labute approximate surface area is 104 Å². The summed E-state index contributed by atoms with van der Waals surface area (Å²) in [6.07, 6.45) is 1.08. The van der Waals surface area contributed by atoms with Crippen LogP contribution in [-0.4, -0.2) is 0 Å². The maximum absolute atomic E-state index is 3.56. The number of fused-ring (bicyclic) bond motifs is 1. The predicted molar refractivity (Wildman–Crippen MR) is 70.7 cm³/mol. The largest absolute Gasteiger partial charge is 0.378 e. The zero-order valence-electron chi connectivity index (χ0n) is 8.78. The molecule has 0 aromatic heterocycles. The normalized spacial score (nSPS) is 17.9. The molecule has 1 aliphatic rings. The number of anilines is 1. The van der Waals surface area contributed by atoms with Gasteiger partial charge in [-0.05, 0) is 35.7 Å². The Balaban J connectivity index is 1.91. The van der Waals surface area contributed by atoms with Crippen LogP contribution in [0.5, 0.6) is 0 Å². The summed E-state index contributed by atoms with van der Waals surface area (Å²) >= 11 is 3.52. The van der Waals surface area contributed by atoms with Crippen LogP contribution in [-0.2, 0) is 6.42 Å². The highest BCUT2D eigenvalue weighted by molar-refractivity contribution is 9.10. The van der Waals surface area contributed by atoms with Crippen molar-refractivity contribution in [2.75, 3.05) is 5.32 Å². The Bertz CT molecular complexity index is 497.